The van der Waals surface area contributed by atoms with Gasteiger partial charge >= 0.3 is 0 Å². The highest BCUT2D eigenvalue weighted by molar-refractivity contribution is 5.50. The monoisotopic (exact) mass is 206 g/mol. The number of hydrogen-bond acceptors (Lipinski definition) is 2. The molecule has 0 aliphatic carbocycles. The van der Waals surface area contributed by atoms with Crippen molar-refractivity contribution in [1.82, 2.24) is 5.32 Å². The third kappa shape index (κ3) is 3.24. The van der Waals surface area contributed by atoms with E-state index in [1.165, 1.54) is 16.8 Å². The van der Waals surface area contributed by atoms with Crippen LogP contribution in [0.4, 0.5) is 5.69 Å². The fourth-order valence-corrected chi connectivity index (χ4v) is 1.64. The summed E-state index contributed by atoms with van der Waals surface area (Å²) in [6.45, 7) is 9.68. The van der Waals surface area contributed by atoms with Crippen LogP contribution >= 0.6 is 0 Å². The normalized spacial score (nSPS) is 10.4. The summed E-state index contributed by atoms with van der Waals surface area (Å²) in [6, 6.07) is 6.68. The van der Waals surface area contributed by atoms with E-state index < -0.39 is 0 Å². The van der Waals surface area contributed by atoms with E-state index in [4.69, 9.17) is 0 Å². The molecule has 84 valence electrons. The van der Waals surface area contributed by atoms with Gasteiger partial charge in [-0.2, -0.15) is 0 Å². The summed E-state index contributed by atoms with van der Waals surface area (Å²) >= 11 is 0. The van der Waals surface area contributed by atoms with Crippen molar-refractivity contribution in [2.24, 2.45) is 0 Å². The van der Waals surface area contributed by atoms with Gasteiger partial charge in [-0.1, -0.05) is 6.07 Å². The van der Waals surface area contributed by atoms with Gasteiger partial charge in [0.1, 0.15) is 0 Å². The van der Waals surface area contributed by atoms with Gasteiger partial charge in [0, 0.05) is 25.3 Å². The number of anilines is 1. The number of aryl methyl sites for hydroxylation is 2. The molecule has 15 heavy (non-hydrogen) atoms. The maximum atomic E-state index is 3.19. The first-order valence-corrected chi connectivity index (χ1v) is 5.65. The predicted octanol–water partition coefficient (Wildman–Crippen LogP) is 2.35. The number of nitrogens with zero attached hydrogens (tertiary/aromatic N) is 1. The van der Waals surface area contributed by atoms with E-state index in [9.17, 15) is 0 Å². The van der Waals surface area contributed by atoms with Gasteiger partial charge in [-0.3, -0.25) is 0 Å². The van der Waals surface area contributed by atoms with E-state index in [0.717, 1.165) is 19.6 Å². The molecule has 0 aromatic heterocycles. The molecule has 0 radical (unpaired) electrons. The predicted molar refractivity (Wildman–Crippen MR) is 67.7 cm³/mol. The highest BCUT2D eigenvalue weighted by Gasteiger charge is 2.04. The van der Waals surface area contributed by atoms with Crippen LogP contribution in [-0.4, -0.2) is 26.7 Å². The van der Waals surface area contributed by atoms with Gasteiger partial charge in [-0.25, -0.2) is 0 Å². The number of hydrogen-bond donors (Lipinski definition) is 1. The maximum Gasteiger partial charge on any atom is 0.0369 e. The van der Waals surface area contributed by atoms with Gasteiger partial charge in [-0.05, 0) is 51.1 Å². The number of rotatable bonds is 5. The molecule has 1 aromatic carbocycles. The molecule has 2 heteroatoms. The van der Waals surface area contributed by atoms with Crippen molar-refractivity contribution in [3.63, 3.8) is 0 Å². The first-order valence-electron chi connectivity index (χ1n) is 5.65. The van der Waals surface area contributed by atoms with Crippen LogP contribution in [0.3, 0.4) is 0 Å². The quantitative estimate of drug-likeness (QED) is 0.795. The van der Waals surface area contributed by atoms with Crippen molar-refractivity contribution in [1.29, 1.82) is 0 Å². The van der Waals surface area contributed by atoms with Crippen molar-refractivity contribution < 1.29 is 0 Å². The van der Waals surface area contributed by atoms with Crippen LogP contribution < -0.4 is 10.2 Å². The third-order valence-electron chi connectivity index (χ3n) is 2.87. The molecule has 2 nitrogen and oxygen atoms in total. The fraction of sp³-hybridized carbons (Fsp3) is 0.538. The number of likely N-dealkylation sites (N-methyl/N-ethyl adjacent to an activating group) is 2. The Labute approximate surface area is 93.3 Å². The van der Waals surface area contributed by atoms with Gasteiger partial charge < -0.3 is 10.2 Å². The average Bonchev–Trinajstić information content (AvgIpc) is 2.24. The molecule has 0 spiro atoms. The maximum absolute atomic E-state index is 3.19. The second-order valence-corrected chi connectivity index (χ2v) is 3.95. The molecular formula is C13H22N2. The summed E-state index contributed by atoms with van der Waals surface area (Å²) in [5.74, 6) is 0. The summed E-state index contributed by atoms with van der Waals surface area (Å²) in [4.78, 5) is 2.39. The molecule has 0 amide bonds. The SMILES string of the molecule is CCN(CCNC)c1ccc(C)c(C)c1. The lowest BCUT2D eigenvalue weighted by atomic mass is 10.1. The van der Waals surface area contributed by atoms with Crippen LogP contribution in [0.2, 0.25) is 0 Å². The first-order chi connectivity index (χ1) is 7.19. The minimum Gasteiger partial charge on any atom is -0.371 e. The summed E-state index contributed by atoms with van der Waals surface area (Å²) in [6.07, 6.45) is 0. The van der Waals surface area contributed by atoms with Gasteiger partial charge in [0.05, 0.1) is 0 Å². The molecule has 1 rings (SSSR count). The largest absolute Gasteiger partial charge is 0.371 e. The lowest BCUT2D eigenvalue weighted by molar-refractivity contribution is 0.736. The Morgan fingerprint density at radius 3 is 2.47 bits per heavy atom. The van der Waals surface area contributed by atoms with E-state index in [1.807, 2.05) is 7.05 Å². The smallest absolute Gasteiger partial charge is 0.0369 e. The number of benzene rings is 1. The van der Waals surface area contributed by atoms with E-state index in [0.29, 0.717) is 0 Å². The highest BCUT2D eigenvalue weighted by atomic mass is 15.1. The van der Waals surface area contributed by atoms with Gasteiger partial charge in [0.25, 0.3) is 0 Å². The summed E-state index contributed by atoms with van der Waals surface area (Å²) < 4.78 is 0. The molecule has 0 fully saturated rings. The zero-order chi connectivity index (χ0) is 11.3. The zero-order valence-electron chi connectivity index (χ0n) is 10.3. The van der Waals surface area contributed by atoms with Gasteiger partial charge in [-0.15, -0.1) is 0 Å². The molecule has 0 aliphatic heterocycles. The molecule has 0 saturated carbocycles. The molecule has 0 bridgehead atoms. The van der Waals surface area contributed by atoms with E-state index >= 15 is 0 Å². The van der Waals surface area contributed by atoms with Crippen molar-refractivity contribution in [3.8, 4) is 0 Å². The molecule has 0 aliphatic rings. The van der Waals surface area contributed by atoms with E-state index in [2.05, 4.69) is 49.2 Å². The molecule has 0 atom stereocenters. The molecule has 1 aromatic rings. The van der Waals surface area contributed by atoms with Crippen LogP contribution in [0.15, 0.2) is 18.2 Å². The van der Waals surface area contributed by atoms with Crippen LogP contribution in [0.1, 0.15) is 18.1 Å². The van der Waals surface area contributed by atoms with Crippen LogP contribution in [0, 0.1) is 13.8 Å². The third-order valence-corrected chi connectivity index (χ3v) is 2.87. The topological polar surface area (TPSA) is 15.3 Å². The van der Waals surface area contributed by atoms with Crippen LogP contribution in [0.5, 0.6) is 0 Å². The van der Waals surface area contributed by atoms with Crippen molar-refractivity contribution in [2.45, 2.75) is 20.8 Å². The van der Waals surface area contributed by atoms with Crippen LogP contribution in [-0.2, 0) is 0 Å². The molecule has 0 heterocycles. The Morgan fingerprint density at radius 1 is 1.20 bits per heavy atom. The average molecular weight is 206 g/mol. The highest BCUT2D eigenvalue weighted by Crippen LogP contribution is 2.18. The van der Waals surface area contributed by atoms with E-state index in [1.54, 1.807) is 0 Å². The molecular weight excluding hydrogens is 184 g/mol. The minimum atomic E-state index is 1.03. The Balaban J connectivity index is 2.78. The first kappa shape index (κ1) is 12.1. The zero-order valence-corrected chi connectivity index (χ0v) is 10.3. The van der Waals surface area contributed by atoms with Crippen molar-refractivity contribution in [2.75, 3.05) is 31.6 Å². The Hall–Kier alpha value is -1.02. The fourth-order valence-electron chi connectivity index (χ4n) is 1.64. The van der Waals surface area contributed by atoms with Crippen molar-refractivity contribution in [3.05, 3.63) is 29.3 Å². The second kappa shape index (κ2) is 5.76. The number of nitrogens with one attached hydrogen (secondary N) is 1. The summed E-state index contributed by atoms with van der Waals surface area (Å²) in [7, 11) is 1.99. The Kier molecular flexibility index (Phi) is 4.63. The lowest BCUT2D eigenvalue weighted by Crippen LogP contribution is -2.30. The molecule has 1 N–H and O–H groups in total. The molecule has 0 saturated heterocycles. The molecule has 0 unspecified atom stereocenters. The standard InChI is InChI=1S/C13H22N2/c1-5-15(9-8-14-4)13-7-6-11(2)12(3)10-13/h6-7,10,14H,5,8-9H2,1-4H3. The van der Waals surface area contributed by atoms with Crippen LogP contribution in [0.25, 0.3) is 0 Å². The summed E-state index contributed by atoms with van der Waals surface area (Å²) in [5, 5.41) is 3.19. The second-order valence-electron chi connectivity index (χ2n) is 3.95. The Bertz CT molecular complexity index is 307. The minimum absolute atomic E-state index is 1.03. The Morgan fingerprint density at radius 2 is 1.93 bits per heavy atom. The van der Waals surface area contributed by atoms with Gasteiger partial charge in [0.15, 0.2) is 0 Å². The lowest BCUT2D eigenvalue weighted by Gasteiger charge is -2.23. The summed E-state index contributed by atoms with van der Waals surface area (Å²) in [5.41, 5.74) is 4.06. The van der Waals surface area contributed by atoms with Gasteiger partial charge in [0.2, 0.25) is 0 Å². The van der Waals surface area contributed by atoms with Crippen molar-refractivity contribution >= 4 is 5.69 Å². The van der Waals surface area contributed by atoms with E-state index in [-0.39, 0.29) is 0 Å².